The fourth-order valence-electron chi connectivity index (χ4n) is 6.31. The summed E-state index contributed by atoms with van der Waals surface area (Å²) in [7, 11) is 0. The number of aliphatic hydroxyl groups excluding tert-OH is 1. The van der Waals surface area contributed by atoms with E-state index in [1.54, 1.807) is 0 Å². The van der Waals surface area contributed by atoms with Crippen LogP contribution in [0, 0.1) is 34.5 Å². The summed E-state index contributed by atoms with van der Waals surface area (Å²) >= 11 is 0. The fraction of sp³-hybridized carbons (Fsp3) is 0.850. The molecule has 2 nitrogen and oxygen atoms in total. The number of hydrogen-bond donors (Lipinski definition) is 1. The van der Waals surface area contributed by atoms with Crippen LogP contribution in [0.1, 0.15) is 72.5 Å². The first-order valence-corrected chi connectivity index (χ1v) is 8.78. The minimum Gasteiger partial charge on any atom is -0.392 e. The van der Waals surface area contributed by atoms with Gasteiger partial charge in [-0.25, -0.2) is 0 Å². The normalized spacial score (nSPS) is 60.5. The molecule has 0 aromatic carbocycles. The minimum absolute atomic E-state index is 0.149. The maximum Gasteiger partial charge on any atom is 0.155 e. The molecule has 2 heteroatoms. The first-order chi connectivity index (χ1) is 12.3. The standard InChI is InChI=1S/C20H30O2/c1-12-10-17-15-5-4-13-11-14(21)6-8-19(13,2)16(15)7-9-20(17,3)18(12)22/h11-12,15-18,22H,4-10H2,1-3H3/t12?,15-,16+,17+,18+,19+,20+/m1/s1/i2D3,6D2. The Morgan fingerprint density at radius 1 is 1.36 bits per heavy atom. The molecule has 0 bridgehead atoms. The lowest BCUT2D eigenvalue weighted by atomic mass is 9.47. The Morgan fingerprint density at radius 2 is 2.18 bits per heavy atom. The lowest BCUT2D eigenvalue weighted by molar-refractivity contribution is -0.118. The van der Waals surface area contributed by atoms with Crippen molar-refractivity contribution >= 4 is 5.78 Å². The molecule has 1 N–H and O–H groups in total. The van der Waals surface area contributed by atoms with Crippen molar-refractivity contribution < 1.29 is 16.8 Å². The van der Waals surface area contributed by atoms with Crippen LogP contribution in [0.15, 0.2) is 11.6 Å². The third-order valence-electron chi connectivity index (χ3n) is 7.51. The van der Waals surface area contributed by atoms with Crippen LogP contribution in [-0.4, -0.2) is 17.0 Å². The highest BCUT2D eigenvalue weighted by molar-refractivity contribution is 5.91. The van der Waals surface area contributed by atoms with Crippen LogP contribution in [0.25, 0.3) is 0 Å². The van der Waals surface area contributed by atoms with E-state index in [1.165, 1.54) is 6.08 Å². The van der Waals surface area contributed by atoms with Crippen molar-refractivity contribution in [1.82, 2.24) is 0 Å². The second kappa shape index (κ2) is 4.69. The predicted molar refractivity (Wildman–Crippen MR) is 87.3 cm³/mol. The van der Waals surface area contributed by atoms with Gasteiger partial charge in [0.25, 0.3) is 0 Å². The molecule has 4 aliphatic rings. The smallest absolute Gasteiger partial charge is 0.155 e. The van der Waals surface area contributed by atoms with Gasteiger partial charge in [-0.2, -0.15) is 0 Å². The molecule has 0 heterocycles. The molecule has 0 aliphatic heterocycles. The second-order valence-corrected chi connectivity index (χ2v) is 8.48. The molecule has 4 rings (SSSR count). The summed E-state index contributed by atoms with van der Waals surface area (Å²) in [6, 6.07) is 0. The minimum atomic E-state index is -2.34. The Kier molecular flexibility index (Phi) is 2.19. The molecule has 3 saturated carbocycles. The number of aliphatic hydroxyl groups is 1. The number of fused-ring (bicyclic) bond motifs is 5. The van der Waals surface area contributed by atoms with Gasteiger partial charge in [-0.15, -0.1) is 0 Å². The molecule has 0 spiro atoms. The number of ketones is 1. The summed E-state index contributed by atoms with van der Waals surface area (Å²) in [6.45, 7) is 1.89. The van der Waals surface area contributed by atoms with Crippen molar-refractivity contribution in [3.8, 4) is 0 Å². The Hall–Kier alpha value is -0.630. The van der Waals surface area contributed by atoms with Crippen LogP contribution in [0.4, 0.5) is 0 Å². The molecule has 1 unspecified atom stereocenters. The van der Waals surface area contributed by atoms with E-state index in [9.17, 15) is 9.90 Å². The van der Waals surface area contributed by atoms with Gasteiger partial charge in [-0.05, 0) is 79.1 Å². The van der Waals surface area contributed by atoms with Crippen molar-refractivity contribution in [2.75, 3.05) is 0 Å². The number of hydrogen-bond acceptors (Lipinski definition) is 2. The quantitative estimate of drug-likeness (QED) is 0.731. The van der Waals surface area contributed by atoms with E-state index in [0.29, 0.717) is 18.4 Å². The van der Waals surface area contributed by atoms with E-state index in [1.807, 2.05) is 0 Å². The van der Waals surface area contributed by atoms with Gasteiger partial charge >= 0.3 is 0 Å². The highest BCUT2D eigenvalue weighted by Gasteiger charge is 2.60. The zero-order valence-corrected chi connectivity index (χ0v) is 13.6. The lowest BCUT2D eigenvalue weighted by Gasteiger charge is -2.57. The number of rotatable bonds is 0. The number of carbonyl (C=O) groups is 1. The van der Waals surface area contributed by atoms with Gasteiger partial charge in [0.2, 0.25) is 0 Å². The first kappa shape index (κ1) is 10.3. The molecule has 4 aliphatic carbocycles. The van der Waals surface area contributed by atoms with E-state index >= 15 is 0 Å². The van der Waals surface area contributed by atoms with Crippen LogP contribution >= 0.6 is 0 Å². The molecule has 122 valence electrons. The third-order valence-corrected chi connectivity index (χ3v) is 7.51. The van der Waals surface area contributed by atoms with Crippen LogP contribution in [0.2, 0.25) is 0 Å². The summed E-state index contributed by atoms with van der Waals surface area (Å²) in [4.78, 5) is 12.3. The van der Waals surface area contributed by atoms with E-state index in [0.717, 1.165) is 19.3 Å². The van der Waals surface area contributed by atoms with Crippen LogP contribution in [-0.2, 0) is 4.79 Å². The Labute approximate surface area is 141 Å². The number of allylic oxidation sites excluding steroid dienone is 1. The predicted octanol–water partition coefficient (Wildman–Crippen LogP) is 4.13. The molecule has 7 atom stereocenters. The van der Waals surface area contributed by atoms with E-state index < -0.39 is 24.4 Å². The van der Waals surface area contributed by atoms with Gasteiger partial charge < -0.3 is 5.11 Å². The van der Waals surface area contributed by atoms with Crippen molar-refractivity contribution in [2.24, 2.45) is 34.5 Å². The van der Waals surface area contributed by atoms with Gasteiger partial charge in [0, 0.05) is 13.2 Å². The highest BCUT2D eigenvalue weighted by Crippen LogP contribution is 2.65. The largest absolute Gasteiger partial charge is 0.392 e. The molecular weight excluding hydrogens is 272 g/mol. The van der Waals surface area contributed by atoms with E-state index in [-0.39, 0.29) is 41.6 Å². The van der Waals surface area contributed by atoms with E-state index in [4.69, 9.17) is 6.85 Å². The SMILES string of the molecule is [2H]C1([2H])C[C@@]2(C([2H])([2H])[2H])C(=CC1=O)CC[C@H]1[C@@H]3CC(C)[C@H](O)[C@@]3(C)CC[C@@H]12. The van der Waals surface area contributed by atoms with Crippen LogP contribution in [0.5, 0.6) is 0 Å². The topological polar surface area (TPSA) is 37.3 Å². The van der Waals surface area contributed by atoms with Gasteiger partial charge in [-0.3, -0.25) is 4.79 Å². The maximum absolute atomic E-state index is 12.3. The van der Waals surface area contributed by atoms with Crippen molar-refractivity contribution in [3.63, 3.8) is 0 Å². The molecule has 0 aromatic rings. The molecule has 22 heavy (non-hydrogen) atoms. The zero-order chi connectivity index (χ0) is 20.0. The third kappa shape index (κ3) is 1.79. The average molecular weight is 307 g/mol. The Balaban J connectivity index is 1.82. The van der Waals surface area contributed by atoms with Crippen LogP contribution in [0.3, 0.4) is 0 Å². The first-order valence-electron chi connectivity index (χ1n) is 11.3. The van der Waals surface area contributed by atoms with Gasteiger partial charge in [-0.1, -0.05) is 26.3 Å². The van der Waals surface area contributed by atoms with Gasteiger partial charge in [0.15, 0.2) is 5.78 Å². The molecule has 0 saturated heterocycles. The molecule has 0 aromatic heterocycles. The van der Waals surface area contributed by atoms with Crippen LogP contribution < -0.4 is 0 Å². The molecule has 0 radical (unpaired) electrons. The fourth-order valence-corrected chi connectivity index (χ4v) is 6.31. The lowest BCUT2D eigenvalue weighted by Crippen LogP contribution is -2.51. The maximum atomic E-state index is 12.3. The summed E-state index contributed by atoms with van der Waals surface area (Å²) in [5, 5.41) is 10.8. The highest BCUT2D eigenvalue weighted by atomic mass is 16.3. The second-order valence-electron chi connectivity index (χ2n) is 8.48. The molecule has 0 amide bonds. The van der Waals surface area contributed by atoms with E-state index in [2.05, 4.69) is 13.8 Å². The molecule has 3 fully saturated rings. The monoisotopic (exact) mass is 307 g/mol. The Bertz CT molecular complexity index is 699. The van der Waals surface area contributed by atoms with Gasteiger partial charge in [0.05, 0.1) is 6.10 Å². The van der Waals surface area contributed by atoms with Crippen molar-refractivity contribution in [1.29, 1.82) is 0 Å². The summed E-state index contributed by atoms with van der Waals surface area (Å²) in [6.07, 6.45) is 2.36. The summed E-state index contributed by atoms with van der Waals surface area (Å²) < 4.78 is 41.6. The van der Waals surface area contributed by atoms with Gasteiger partial charge in [0.1, 0.15) is 0 Å². The Morgan fingerprint density at radius 3 is 2.95 bits per heavy atom. The number of carbonyl (C=O) groups excluding carboxylic acids is 1. The summed E-state index contributed by atoms with van der Waals surface area (Å²) in [5.74, 6) is -0.0839. The van der Waals surface area contributed by atoms with Crippen molar-refractivity contribution in [2.45, 2.75) is 71.7 Å². The van der Waals surface area contributed by atoms with Crippen molar-refractivity contribution in [3.05, 3.63) is 11.6 Å². The zero-order valence-electron chi connectivity index (χ0n) is 18.6. The summed E-state index contributed by atoms with van der Waals surface area (Å²) in [5.41, 5.74) is -0.772. The molecular formula is C20H30O2. The average Bonchev–Trinajstić information content (AvgIpc) is 2.78.